The molecular weight excluding hydrogens is 807 g/mol. The number of anilines is 1. The largest absolute Gasteiger partial charge is 0.481 e. The number of nitrogens with one attached hydrogen (secondary N) is 2. The third-order valence-electron chi connectivity index (χ3n) is 8.14. The first-order valence-corrected chi connectivity index (χ1v) is 21.5. The Hall–Kier alpha value is -2.44. The maximum absolute atomic E-state index is 12.7. The highest BCUT2D eigenvalue weighted by atomic mass is 32.2. The number of nitrogens with two attached hydrogens (primary N) is 1. The van der Waals surface area contributed by atoms with E-state index in [0.717, 1.165) is 41.8 Å². The summed E-state index contributed by atoms with van der Waals surface area (Å²) in [6.45, 7) is 1.80. The first kappa shape index (κ1) is 44.3. The molecule has 3 heterocycles. The van der Waals surface area contributed by atoms with Crippen LogP contribution in [0, 0.1) is 11.3 Å². The van der Waals surface area contributed by atoms with E-state index in [1.54, 1.807) is 0 Å². The van der Waals surface area contributed by atoms with Crippen LogP contribution in [0.25, 0.3) is 11.2 Å². The maximum atomic E-state index is 12.7. The van der Waals surface area contributed by atoms with Crippen molar-refractivity contribution in [1.29, 1.82) is 0 Å². The quantitative estimate of drug-likeness (QED) is 0.0584. The number of thioether (sulfide) groups is 1. The van der Waals surface area contributed by atoms with Crippen LogP contribution in [-0.4, -0.2) is 123 Å². The number of aliphatic hydroxyl groups is 2. The van der Waals surface area contributed by atoms with Gasteiger partial charge in [0, 0.05) is 36.6 Å². The predicted molar refractivity (Wildman–Crippen MR) is 184 cm³/mol. The fourth-order valence-corrected chi connectivity index (χ4v) is 8.73. The summed E-state index contributed by atoms with van der Waals surface area (Å²) in [5, 5.41) is 26.7. The second kappa shape index (κ2) is 17.4. The number of aliphatic hydroxyl groups excluding tert-OH is 2. The lowest BCUT2D eigenvalue weighted by Crippen LogP contribution is -2.46. The molecule has 10 N–H and O–H groups in total. The Kier molecular flexibility index (Phi) is 14.2. The SMILES string of the molecule is CC(C)(COP(=O)(O)OP(=O)(O)OCC1OC(C)(n2cnc3c(N)ncnc32)C(O)C1OP(=O)(O)O)C(O)C(=O)NCCC(=O)NCCSC(=O)C1CC1. The Morgan fingerprint density at radius 3 is 2.41 bits per heavy atom. The van der Waals surface area contributed by atoms with Crippen LogP contribution < -0.4 is 16.4 Å². The minimum absolute atomic E-state index is 0.0210. The summed E-state index contributed by atoms with van der Waals surface area (Å²) in [6.07, 6.45) is -3.68. The number of nitrogens with zero attached hydrogens (tertiary/aromatic N) is 4. The smallest absolute Gasteiger partial charge is 0.385 e. The maximum Gasteiger partial charge on any atom is 0.481 e. The molecule has 4 rings (SSSR count). The molecule has 54 heavy (non-hydrogen) atoms. The van der Waals surface area contributed by atoms with Gasteiger partial charge in [0.25, 0.3) is 0 Å². The van der Waals surface area contributed by atoms with E-state index >= 15 is 0 Å². The zero-order valence-electron chi connectivity index (χ0n) is 29.0. The van der Waals surface area contributed by atoms with Crippen molar-refractivity contribution in [2.75, 3.05) is 37.8 Å². The van der Waals surface area contributed by atoms with Crippen LogP contribution in [0.5, 0.6) is 0 Å². The van der Waals surface area contributed by atoms with Gasteiger partial charge in [0.2, 0.25) is 11.8 Å². The normalized spacial score (nSPS) is 24.8. The Labute approximate surface area is 311 Å². The number of phosphoric acid groups is 3. The van der Waals surface area contributed by atoms with E-state index in [9.17, 15) is 57.9 Å². The number of hydrogen-bond acceptors (Lipinski definition) is 18. The van der Waals surface area contributed by atoms with Gasteiger partial charge < -0.3 is 50.9 Å². The van der Waals surface area contributed by atoms with Crippen molar-refractivity contribution in [3.63, 3.8) is 0 Å². The monoisotopic (exact) mass is 849 g/mol. The number of ether oxygens (including phenoxy) is 1. The van der Waals surface area contributed by atoms with Crippen LogP contribution in [0.1, 0.15) is 40.0 Å². The minimum atomic E-state index is -5.58. The molecule has 0 radical (unpaired) electrons. The number of carbonyl (C=O) groups is 3. The van der Waals surface area contributed by atoms with Crippen molar-refractivity contribution in [1.82, 2.24) is 30.2 Å². The number of aromatic nitrogens is 4. The van der Waals surface area contributed by atoms with E-state index in [1.807, 2.05) is 0 Å². The number of nitrogen functional groups attached to an aromatic ring is 1. The summed E-state index contributed by atoms with van der Waals surface area (Å²) >= 11 is 1.14. The van der Waals surface area contributed by atoms with Gasteiger partial charge in [0.15, 0.2) is 22.3 Å². The summed E-state index contributed by atoms with van der Waals surface area (Å²) in [5.41, 5.74) is 2.32. The molecule has 1 saturated heterocycles. The van der Waals surface area contributed by atoms with Gasteiger partial charge in [-0.2, -0.15) is 4.31 Å². The molecule has 304 valence electrons. The molecule has 2 aliphatic rings. The highest BCUT2D eigenvalue weighted by molar-refractivity contribution is 8.13. The summed E-state index contributed by atoms with van der Waals surface area (Å²) in [4.78, 5) is 87.4. The highest BCUT2D eigenvalue weighted by Gasteiger charge is 2.57. The Morgan fingerprint density at radius 1 is 1.09 bits per heavy atom. The average Bonchev–Trinajstić information content (AvgIpc) is 3.78. The fraction of sp³-hybridized carbons (Fsp3) is 0.692. The van der Waals surface area contributed by atoms with Gasteiger partial charge in [-0.1, -0.05) is 25.6 Å². The first-order valence-electron chi connectivity index (χ1n) is 16.0. The van der Waals surface area contributed by atoms with E-state index in [-0.39, 0.29) is 47.5 Å². The second-order valence-electron chi connectivity index (χ2n) is 13.1. The van der Waals surface area contributed by atoms with Crippen LogP contribution in [0.15, 0.2) is 12.7 Å². The van der Waals surface area contributed by atoms with Crippen molar-refractivity contribution >= 4 is 69.1 Å². The number of imidazole rings is 1. The third kappa shape index (κ3) is 11.8. The molecule has 7 atom stereocenters. The number of fused-ring (bicyclic) bond motifs is 1. The lowest BCUT2D eigenvalue weighted by molar-refractivity contribution is -0.137. The molecule has 1 aliphatic heterocycles. The van der Waals surface area contributed by atoms with Crippen LogP contribution in [0.4, 0.5) is 5.82 Å². The van der Waals surface area contributed by atoms with Gasteiger partial charge in [0.1, 0.15) is 36.3 Å². The van der Waals surface area contributed by atoms with E-state index in [0.29, 0.717) is 5.75 Å². The molecule has 0 spiro atoms. The molecule has 7 unspecified atom stereocenters. The zero-order chi connectivity index (χ0) is 40.3. The first-order chi connectivity index (χ1) is 24.9. The molecule has 28 heteroatoms. The van der Waals surface area contributed by atoms with Crippen molar-refractivity contribution in [3.8, 4) is 0 Å². The van der Waals surface area contributed by atoms with Crippen LogP contribution >= 0.6 is 35.2 Å². The fourth-order valence-electron chi connectivity index (χ4n) is 5.03. The van der Waals surface area contributed by atoms with Gasteiger partial charge >= 0.3 is 23.5 Å². The van der Waals surface area contributed by atoms with Crippen LogP contribution in [-0.2, 0) is 56.4 Å². The Morgan fingerprint density at radius 2 is 1.76 bits per heavy atom. The second-order valence-corrected chi connectivity index (χ2v) is 18.4. The van der Waals surface area contributed by atoms with Crippen molar-refractivity contribution < 1.29 is 80.5 Å². The molecule has 2 amide bonds. The Balaban J connectivity index is 1.28. The predicted octanol–water partition coefficient (Wildman–Crippen LogP) is -0.751. The van der Waals surface area contributed by atoms with Crippen molar-refractivity contribution in [2.45, 2.75) is 70.2 Å². The van der Waals surface area contributed by atoms with Crippen molar-refractivity contribution in [2.24, 2.45) is 11.3 Å². The number of phosphoric ester groups is 3. The standard InChI is InChI=1S/C26H42N7O17P3S/c1-25(2,20(36)23(37)29-7-6-16(34)28-8-9-54-24(38)14-4-5-14)11-47-53(44,45)50-52(42,43)46-10-15-18(49-51(39,40)41)19(35)26(3,48-15)33-13-32-17-21(27)30-12-31-22(17)33/h12-15,18-20,35-36H,4-11H2,1-3H3,(H,28,34)(H,29,37)(H,42,43)(H,44,45)(H2,27,30,31)(H2,39,40,41). The van der Waals surface area contributed by atoms with E-state index in [1.165, 1.54) is 20.8 Å². The summed E-state index contributed by atoms with van der Waals surface area (Å²) < 4.78 is 62.6. The van der Waals surface area contributed by atoms with Gasteiger partial charge in [0.05, 0.1) is 19.5 Å². The summed E-state index contributed by atoms with van der Waals surface area (Å²) in [5.74, 6) is -0.921. The van der Waals surface area contributed by atoms with Crippen LogP contribution in [0.3, 0.4) is 0 Å². The number of amides is 2. The molecule has 0 aromatic carbocycles. The summed E-state index contributed by atoms with van der Waals surface area (Å²) in [7, 11) is -16.4. The molecule has 24 nitrogen and oxygen atoms in total. The molecule has 2 aromatic rings. The van der Waals surface area contributed by atoms with Gasteiger partial charge in [-0.25, -0.2) is 28.6 Å². The molecule has 1 aliphatic carbocycles. The minimum Gasteiger partial charge on any atom is -0.385 e. The van der Waals surface area contributed by atoms with Crippen molar-refractivity contribution in [3.05, 3.63) is 12.7 Å². The lowest BCUT2D eigenvalue weighted by atomic mass is 9.87. The molecule has 2 aromatic heterocycles. The van der Waals surface area contributed by atoms with E-state index in [2.05, 4.69) is 29.9 Å². The zero-order valence-corrected chi connectivity index (χ0v) is 32.5. The third-order valence-corrected chi connectivity index (χ3v) is 12.3. The van der Waals surface area contributed by atoms with Gasteiger partial charge in [-0.15, -0.1) is 0 Å². The molecule has 0 bridgehead atoms. The Bertz CT molecular complexity index is 1840. The molecule has 2 fully saturated rings. The number of rotatable bonds is 20. The highest BCUT2D eigenvalue weighted by Crippen LogP contribution is 2.61. The van der Waals surface area contributed by atoms with Crippen LogP contribution in [0.2, 0.25) is 0 Å². The summed E-state index contributed by atoms with van der Waals surface area (Å²) in [6, 6.07) is 0. The molecule has 1 saturated carbocycles. The lowest BCUT2D eigenvalue weighted by Gasteiger charge is -2.30. The van der Waals surface area contributed by atoms with Gasteiger partial charge in [-0.3, -0.25) is 32.5 Å². The van der Waals surface area contributed by atoms with E-state index in [4.69, 9.17) is 24.0 Å². The number of hydrogen-bond donors (Lipinski definition) is 9. The molecular formula is C26H42N7O17P3S. The number of carbonyl (C=O) groups excluding carboxylic acids is 3. The topological polar surface area (TPSA) is 364 Å². The van der Waals surface area contributed by atoms with E-state index < -0.39 is 84.1 Å². The van der Waals surface area contributed by atoms with Gasteiger partial charge in [-0.05, 0) is 19.8 Å². The average molecular weight is 850 g/mol.